The molecule has 0 amide bonds. The van der Waals surface area contributed by atoms with E-state index in [0.717, 1.165) is 0 Å². The molecule has 0 saturated heterocycles. The van der Waals surface area contributed by atoms with Crippen LogP contribution in [0.3, 0.4) is 0 Å². The summed E-state index contributed by atoms with van der Waals surface area (Å²) in [6.45, 7) is 0. The summed E-state index contributed by atoms with van der Waals surface area (Å²) in [6, 6.07) is 0. The van der Waals surface area contributed by atoms with Crippen LogP contribution in [0.25, 0.3) is 0 Å². The molecule has 5 heavy (non-hydrogen) atoms. The molecule has 0 saturated carbocycles. The molecule has 0 bridgehead atoms. The standard InChI is InChI=1S/Au.Cl3P/c;1-4(2)3/q-1;/p+1. The van der Waals surface area contributed by atoms with Crippen LogP contribution in [0, 0.1) is 0 Å². The predicted octanol–water partition coefficient (Wildman–Crippen LogP) is 2.66. The first-order valence-corrected chi connectivity index (χ1v) is 8.80. The second-order valence-electron chi connectivity index (χ2n) is 0.385. The van der Waals surface area contributed by atoms with E-state index in [2.05, 4.69) is 0 Å². The molecular weight excluding hydrogens is 334 g/mol. The SMILES string of the molecule is Cl[PH](Cl)(Cl)[Au]. The molecule has 0 aliphatic carbocycles. The Balaban J connectivity index is 3.02. The van der Waals surface area contributed by atoms with Crippen LogP contribution < -0.4 is 0 Å². The van der Waals surface area contributed by atoms with E-state index in [1.165, 1.54) is 0 Å². The third-order valence-corrected chi connectivity index (χ3v) is 0. The van der Waals surface area contributed by atoms with Gasteiger partial charge in [0.15, 0.2) is 0 Å². The second-order valence-corrected chi connectivity index (χ2v) is 18.4. The van der Waals surface area contributed by atoms with Crippen molar-refractivity contribution in [1.82, 2.24) is 0 Å². The van der Waals surface area contributed by atoms with Gasteiger partial charge >= 0.3 is 57.5 Å². The summed E-state index contributed by atoms with van der Waals surface area (Å²) in [7, 11) is 0. The van der Waals surface area contributed by atoms with Crippen LogP contribution >= 0.6 is 36.9 Å². The molecule has 0 aromatic carbocycles. The van der Waals surface area contributed by atoms with Crippen molar-refractivity contribution in [2.45, 2.75) is 0 Å². The van der Waals surface area contributed by atoms with Gasteiger partial charge in [-0.15, -0.1) is 0 Å². The maximum absolute atomic E-state index is 5.18. The number of hydrogen-bond acceptors (Lipinski definition) is 0. The Morgan fingerprint density at radius 2 is 1.20 bits per heavy atom. The van der Waals surface area contributed by atoms with Gasteiger partial charge in [0.05, 0.1) is 0 Å². The van der Waals surface area contributed by atoms with E-state index in [-0.39, 0.29) is 0 Å². The summed E-state index contributed by atoms with van der Waals surface area (Å²) in [4.78, 5) is 0. The van der Waals surface area contributed by atoms with Gasteiger partial charge in [-0.2, -0.15) is 0 Å². The van der Waals surface area contributed by atoms with E-state index < -0.39 is 3.21 Å². The Morgan fingerprint density at radius 3 is 1.20 bits per heavy atom. The average molecular weight is 335 g/mol. The van der Waals surface area contributed by atoms with Crippen molar-refractivity contribution >= 4 is 36.9 Å². The fraction of sp³-hybridized carbons (Fsp3) is 0. The van der Waals surface area contributed by atoms with Crippen molar-refractivity contribution in [2.24, 2.45) is 0 Å². The van der Waals surface area contributed by atoms with Crippen LogP contribution in [0.15, 0.2) is 0 Å². The molecule has 0 spiro atoms. The molecule has 0 radical (unpaired) electrons. The second kappa shape index (κ2) is 2.37. The fourth-order valence-electron chi connectivity index (χ4n) is 0. The van der Waals surface area contributed by atoms with E-state index in [1.807, 2.05) is 20.5 Å². The summed E-state index contributed by atoms with van der Waals surface area (Å²) in [5.74, 6) is 0. The molecule has 0 aromatic rings. The van der Waals surface area contributed by atoms with Crippen molar-refractivity contribution in [3.05, 3.63) is 0 Å². The van der Waals surface area contributed by atoms with Gasteiger partial charge in [-0.3, -0.25) is 0 Å². The normalized spacial score (nSPS) is 15.4. The summed E-state index contributed by atoms with van der Waals surface area (Å²) >= 11 is 17.5. The topological polar surface area (TPSA) is 0 Å². The molecule has 38 valence electrons. The van der Waals surface area contributed by atoms with E-state index >= 15 is 0 Å². The average Bonchev–Trinajstić information content (AvgIpc) is 0.722. The fourth-order valence-corrected chi connectivity index (χ4v) is 0. The minimum absolute atomic E-state index is 1.97. The monoisotopic (exact) mass is 334 g/mol. The van der Waals surface area contributed by atoms with Gasteiger partial charge in [-0.05, 0) is 0 Å². The van der Waals surface area contributed by atoms with Crippen LogP contribution in [-0.4, -0.2) is 0 Å². The third-order valence-electron chi connectivity index (χ3n) is 0. The molecule has 0 rings (SSSR count). The zero-order valence-electron chi connectivity index (χ0n) is 1.94. The molecule has 0 fully saturated rings. The Hall–Kier alpha value is 2.04. The van der Waals surface area contributed by atoms with E-state index in [4.69, 9.17) is 33.7 Å². The van der Waals surface area contributed by atoms with E-state index in [0.29, 0.717) is 0 Å². The van der Waals surface area contributed by atoms with Gasteiger partial charge in [0.2, 0.25) is 0 Å². The molecule has 5 heteroatoms. The van der Waals surface area contributed by atoms with Crippen molar-refractivity contribution in [3.8, 4) is 0 Å². The first-order chi connectivity index (χ1) is 2.00. The zero-order chi connectivity index (χ0) is 4.50. The van der Waals surface area contributed by atoms with Crippen molar-refractivity contribution < 1.29 is 20.5 Å². The Bertz CT molecular complexity index is 22.4. The zero-order valence-corrected chi connectivity index (χ0v) is 7.37. The molecule has 0 aromatic heterocycles. The van der Waals surface area contributed by atoms with Gasteiger partial charge in [0, 0.05) is 0 Å². The van der Waals surface area contributed by atoms with Gasteiger partial charge in [-0.1, -0.05) is 0 Å². The summed E-state index contributed by atoms with van der Waals surface area (Å²) in [5.41, 5.74) is 0. The summed E-state index contributed by atoms with van der Waals surface area (Å²) in [6.07, 6.45) is 0. The first-order valence-electron chi connectivity index (χ1n) is 0.718. The summed E-state index contributed by atoms with van der Waals surface area (Å²) < 4.78 is -2.25. The molecule has 0 atom stereocenters. The quantitative estimate of drug-likeness (QED) is 0.472. The number of rotatable bonds is 0. The van der Waals surface area contributed by atoms with Gasteiger partial charge < -0.3 is 0 Å². The van der Waals surface area contributed by atoms with Crippen LogP contribution in [0.4, 0.5) is 0 Å². The maximum atomic E-state index is 5.18. The minimum atomic E-state index is -2.25. The predicted molar refractivity (Wildman–Crippen MR) is 25.9 cm³/mol. The van der Waals surface area contributed by atoms with E-state index in [1.54, 1.807) is 0 Å². The van der Waals surface area contributed by atoms with Gasteiger partial charge in [0.1, 0.15) is 0 Å². The molecular formula is HAuCl3P. The first kappa shape index (κ1) is 7.04. The third kappa shape index (κ3) is 23.7. The van der Waals surface area contributed by atoms with Gasteiger partial charge in [-0.25, -0.2) is 0 Å². The molecule has 0 nitrogen and oxygen atoms in total. The van der Waals surface area contributed by atoms with Crippen molar-refractivity contribution in [1.29, 1.82) is 0 Å². The molecule has 0 aliphatic rings. The number of hydrogen-bond donors (Lipinski definition) is 0. The van der Waals surface area contributed by atoms with Crippen LogP contribution in [0.1, 0.15) is 0 Å². The number of halogens is 3. The summed E-state index contributed by atoms with van der Waals surface area (Å²) in [5, 5.41) is 0. The Labute approximate surface area is 57.2 Å². The molecule has 0 N–H and O–H groups in total. The van der Waals surface area contributed by atoms with Crippen LogP contribution in [-0.2, 0) is 20.5 Å². The Kier molecular flexibility index (Phi) is 3.34. The molecule has 0 aliphatic heterocycles. The van der Waals surface area contributed by atoms with E-state index in [9.17, 15) is 0 Å². The van der Waals surface area contributed by atoms with Crippen LogP contribution in [0.5, 0.6) is 0 Å². The van der Waals surface area contributed by atoms with Crippen LogP contribution in [0.2, 0.25) is 0 Å². The molecule has 0 heterocycles. The van der Waals surface area contributed by atoms with Crippen molar-refractivity contribution in [3.63, 3.8) is 0 Å². The molecule has 0 unspecified atom stereocenters. The Morgan fingerprint density at radius 1 is 1.20 bits per heavy atom. The van der Waals surface area contributed by atoms with Crippen molar-refractivity contribution in [2.75, 3.05) is 0 Å². The van der Waals surface area contributed by atoms with Gasteiger partial charge in [0.25, 0.3) is 0 Å².